The van der Waals surface area contributed by atoms with Crippen molar-refractivity contribution in [3.8, 4) is 17.2 Å². The number of amides is 2. The Morgan fingerprint density at radius 3 is 2.40 bits per heavy atom. The lowest BCUT2D eigenvalue weighted by Crippen LogP contribution is -2.44. The second-order valence-corrected chi connectivity index (χ2v) is 8.64. The molecule has 8 nitrogen and oxygen atoms in total. The third-order valence-corrected chi connectivity index (χ3v) is 5.35. The second-order valence-electron chi connectivity index (χ2n) is 6.66. The van der Waals surface area contributed by atoms with E-state index in [0.29, 0.717) is 11.1 Å². The summed E-state index contributed by atoms with van der Waals surface area (Å²) in [5.41, 5.74) is 7.06. The highest BCUT2D eigenvalue weighted by atomic mass is 32.2. The van der Waals surface area contributed by atoms with E-state index in [2.05, 4.69) is 5.32 Å². The number of nitrogens with two attached hydrogens (primary N) is 1. The van der Waals surface area contributed by atoms with Gasteiger partial charge in [-0.3, -0.25) is 9.59 Å². The fourth-order valence-electron chi connectivity index (χ4n) is 2.69. The molecule has 0 aliphatic carbocycles. The van der Waals surface area contributed by atoms with Crippen molar-refractivity contribution in [2.24, 2.45) is 5.73 Å². The highest BCUT2D eigenvalue weighted by molar-refractivity contribution is 7.88. The van der Waals surface area contributed by atoms with Gasteiger partial charge in [-0.15, -0.1) is 0 Å². The molecule has 0 saturated heterocycles. The van der Waals surface area contributed by atoms with Gasteiger partial charge in [0.15, 0.2) is 0 Å². The second kappa shape index (κ2) is 9.96. The average molecular weight is 432 g/mol. The number of sulfonamides is 1. The number of nitrogens with zero attached hydrogens (tertiary/aromatic N) is 2. The molecule has 0 fully saturated rings. The number of carbonyl (C=O) groups excluding carboxylic acids is 2. The SMILES string of the molecule is CS(=O)(=O)N(CC(=O)N[C@H](C#N)CC(N)=O)Cc1ccc(-c2cccc(F)c2)cc1. The number of hydrogen-bond acceptors (Lipinski definition) is 5. The van der Waals surface area contributed by atoms with Gasteiger partial charge in [-0.1, -0.05) is 36.4 Å². The third-order valence-electron chi connectivity index (χ3n) is 4.16. The molecule has 10 heteroatoms. The zero-order chi connectivity index (χ0) is 22.3. The molecule has 0 saturated carbocycles. The van der Waals surface area contributed by atoms with E-state index in [1.54, 1.807) is 42.5 Å². The van der Waals surface area contributed by atoms with Crippen LogP contribution in [0.2, 0.25) is 0 Å². The van der Waals surface area contributed by atoms with E-state index < -0.39 is 34.4 Å². The lowest BCUT2D eigenvalue weighted by molar-refractivity contribution is -0.122. The first-order valence-corrected chi connectivity index (χ1v) is 10.7. The monoisotopic (exact) mass is 432 g/mol. The molecule has 3 N–H and O–H groups in total. The Morgan fingerprint density at radius 1 is 1.20 bits per heavy atom. The van der Waals surface area contributed by atoms with E-state index in [1.807, 2.05) is 0 Å². The molecule has 2 aromatic rings. The Kier molecular flexibility index (Phi) is 7.63. The molecular formula is C20H21FN4O4S. The van der Waals surface area contributed by atoms with Gasteiger partial charge in [-0.05, 0) is 28.8 Å². The summed E-state index contributed by atoms with van der Waals surface area (Å²) in [7, 11) is -3.74. The van der Waals surface area contributed by atoms with E-state index >= 15 is 0 Å². The maximum atomic E-state index is 13.4. The molecule has 0 unspecified atom stereocenters. The third kappa shape index (κ3) is 6.95. The predicted molar refractivity (Wildman–Crippen MR) is 108 cm³/mol. The minimum Gasteiger partial charge on any atom is -0.370 e. The van der Waals surface area contributed by atoms with Crippen LogP contribution >= 0.6 is 0 Å². The van der Waals surface area contributed by atoms with Crippen LogP contribution in [-0.2, 0) is 26.2 Å². The Bertz CT molecular complexity index is 1060. The van der Waals surface area contributed by atoms with Gasteiger partial charge in [0.2, 0.25) is 21.8 Å². The summed E-state index contributed by atoms with van der Waals surface area (Å²) in [4.78, 5) is 23.1. The summed E-state index contributed by atoms with van der Waals surface area (Å²) >= 11 is 0. The summed E-state index contributed by atoms with van der Waals surface area (Å²) in [5.74, 6) is -1.86. The van der Waals surface area contributed by atoms with Crippen molar-refractivity contribution < 1.29 is 22.4 Å². The Hall–Kier alpha value is -3.29. The van der Waals surface area contributed by atoms with E-state index in [1.165, 1.54) is 12.1 Å². The van der Waals surface area contributed by atoms with Crippen LogP contribution in [-0.4, -0.2) is 43.4 Å². The first-order chi connectivity index (χ1) is 14.1. The van der Waals surface area contributed by atoms with Gasteiger partial charge < -0.3 is 11.1 Å². The van der Waals surface area contributed by atoms with Gasteiger partial charge in [-0.2, -0.15) is 9.57 Å². The zero-order valence-electron chi connectivity index (χ0n) is 16.2. The first kappa shape index (κ1) is 23.0. The quantitative estimate of drug-likeness (QED) is 0.613. The summed E-state index contributed by atoms with van der Waals surface area (Å²) in [6, 6.07) is 13.5. The van der Waals surface area contributed by atoms with Gasteiger partial charge in [0, 0.05) is 6.54 Å². The normalized spacial score (nSPS) is 12.2. The maximum Gasteiger partial charge on any atom is 0.236 e. The number of benzene rings is 2. The average Bonchev–Trinajstić information content (AvgIpc) is 2.66. The minimum atomic E-state index is -3.74. The molecule has 158 valence electrons. The molecule has 0 aliphatic rings. The number of halogens is 1. The molecule has 30 heavy (non-hydrogen) atoms. The van der Waals surface area contributed by atoms with Crippen molar-refractivity contribution in [2.75, 3.05) is 12.8 Å². The molecule has 2 aromatic carbocycles. The standard InChI is InChI=1S/C20H21FN4O4S/c1-30(28,29)25(13-20(27)24-18(11-22)10-19(23)26)12-14-5-7-15(8-6-14)16-3-2-4-17(21)9-16/h2-9,18H,10,12-13H2,1H3,(H2,23,26)(H,24,27)/t18-/m0/s1. The van der Waals surface area contributed by atoms with Crippen LogP contribution in [0.3, 0.4) is 0 Å². The molecular weight excluding hydrogens is 411 g/mol. The Balaban J connectivity index is 2.10. The minimum absolute atomic E-state index is 0.0806. The fourth-order valence-corrected chi connectivity index (χ4v) is 3.43. The molecule has 0 bridgehead atoms. The number of carbonyl (C=O) groups is 2. The van der Waals surface area contributed by atoms with Crippen LogP contribution in [0.4, 0.5) is 4.39 Å². The van der Waals surface area contributed by atoms with Crippen LogP contribution in [0.1, 0.15) is 12.0 Å². The molecule has 0 heterocycles. The lowest BCUT2D eigenvalue weighted by Gasteiger charge is -2.20. The molecule has 0 aliphatic heterocycles. The number of primary amides is 1. The smallest absolute Gasteiger partial charge is 0.236 e. The summed E-state index contributed by atoms with van der Waals surface area (Å²) < 4.78 is 38.5. The van der Waals surface area contributed by atoms with E-state index in [0.717, 1.165) is 16.1 Å². The van der Waals surface area contributed by atoms with Gasteiger partial charge in [0.05, 0.1) is 25.3 Å². The highest BCUT2D eigenvalue weighted by Crippen LogP contribution is 2.21. The molecule has 0 radical (unpaired) electrons. The van der Waals surface area contributed by atoms with Gasteiger partial charge in [0.25, 0.3) is 0 Å². The summed E-state index contributed by atoms with van der Waals surface area (Å²) in [6.07, 6.45) is 0.592. The highest BCUT2D eigenvalue weighted by Gasteiger charge is 2.22. The van der Waals surface area contributed by atoms with Gasteiger partial charge in [0.1, 0.15) is 11.9 Å². The largest absolute Gasteiger partial charge is 0.370 e. The number of rotatable bonds is 9. The number of nitrogens with one attached hydrogen (secondary N) is 1. The van der Waals surface area contributed by atoms with Crippen molar-refractivity contribution in [1.82, 2.24) is 9.62 Å². The predicted octanol–water partition coefficient (Wildman–Crippen LogP) is 1.14. The molecule has 0 aromatic heterocycles. The van der Waals surface area contributed by atoms with Crippen molar-refractivity contribution >= 4 is 21.8 Å². The Morgan fingerprint density at radius 2 is 1.87 bits per heavy atom. The van der Waals surface area contributed by atoms with Crippen LogP contribution in [0, 0.1) is 17.1 Å². The van der Waals surface area contributed by atoms with Gasteiger partial charge >= 0.3 is 0 Å². The van der Waals surface area contributed by atoms with Crippen LogP contribution < -0.4 is 11.1 Å². The fraction of sp³-hybridized carbons (Fsp3) is 0.250. The van der Waals surface area contributed by atoms with Gasteiger partial charge in [-0.25, -0.2) is 12.8 Å². The summed E-state index contributed by atoms with van der Waals surface area (Å²) in [6.45, 7) is -0.607. The molecule has 2 rings (SSSR count). The Labute approximate surface area is 174 Å². The van der Waals surface area contributed by atoms with E-state index in [9.17, 15) is 22.4 Å². The van der Waals surface area contributed by atoms with Crippen molar-refractivity contribution in [3.05, 3.63) is 59.9 Å². The van der Waals surface area contributed by atoms with E-state index in [-0.39, 0.29) is 18.8 Å². The van der Waals surface area contributed by atoms with Crippen molar-refractivity contribution in [2.45, 2.75) is 19.0 Å². The van der Waals surface area contributed by atoms with Crippen LogP contribution in [0.25, 0.3) is 11.1 Å². The van der Waals surface area contributed by atoms with Crippen LogP contribution in [0.5, 0.6) is 0 Å². The lowest BCUT2D eigenvalue weighted by atomic mass is 10.0. The summed E-state index contributed by atoms with van der Waals surface area (Å²) in [5, 5.41) is 11.2. The molecule has 2 amide bonds. The molecule has 0 spiro atoms. The first-order valence-electron chi connectivity index (χ1n) is 8.86. The van der Waals surface area contributed by atoms with Crippen molar-refractivity contribution in [3.63, 3.8) is 0 Å². The number of nitriles is 1. The zero-order valence-corrected chi connectivity index (χ0v) is 17.0. The molecule has 1 atom stereocenters. The maximum absolute atomic E-state index is 13.4. The topological polar surface area (TPSA) is 133 Å². The number of hydrogen-bond donors (Lipinski definition) is 2. The van der Waals surface area contributed by atoms with E-state index in [4.69, 9.17) is 11.0 Å². The van der Waals surface area contributed by atoms with Crippen LogP contribution in [0.15, 0.2) is 48.5 Å². The van der Waals surface area contributed by atoms with Crippen molar-refractivity contribution in [1.29, 1.82) is 5.26 Å².